The zero-order chi connectivity index (χ0) is 7.98. The van der Waals surface area contributed by atoms with E-state index in [9.17, 15) is 9.59 Å². The summed E-state index contributed by atoms with van der Waals surface area (Å²) in [4.78, 5) is 19.8. The second-order valence-electron chi connectivity index (χ2n) is 1.99. The molecular weight excluding hydrogens is 267 g/mol. The van der Waals surface area contributed by atoms with E-state index >= 15 is 0 Å². The van der Waals surface area contributed by atoms with Gasteiger partial charge in [0.05, 0.1) is 0 Å². The molecule has 0 aliphatic carbocycles. The van der Waals surface area contributed by atoms with Gasteiger partial charge in [-0.1, -0.05) is 0 Å². The van der Waals surface area contributed by atoms with Crippen molar-refractivity contribution >= 4 is 11.9 Å². The molecule has 12 heavy (non-hydrogen) atoms. The molecular formula is C6H10O4Zn2. The molecule has 0 fully saturated rings. The number of carboxylic acid groups (broad SMARTS) is 2. The van der Waals surface area contributed by atoms with Crippen LogP contribution in [0, 0.1) is 0 Å². The monoisotopic (exact) mass is 274 g/mol. The summed E-state index contributed by atoms with van der Waals surface area (Å²) in [6, 6.07) is 0. The molecule has 0 aliphatic rings. The summed E-state index contributed by atoms with van der Waals surface area (Å²) in [5, 5.41) is 16.3. The van der Waals surface area contributed by atoms with Crippen LogP contribution in [0.3, 0.4) is 0 Å². The van der Waals surface area contributed by atoms with Gasteiger partial charge < -0.3 is 10.2 Å². The Hall–Kier alpha value is 0.187. The van der Waals surface area contributed by atoms with E-state index in [-0.39, 0.29) is 51.8 Å². The van der Waals surface area contributed by atoms with Crippen LogP contribution in [-0.2, 0) is 48.5 Å². The minimum Gasteiger partial charge on any atom is -0.481 e. The molecule has 0 spiro atoms. The van der Waals surface area contributed by atoms with E-state index in [0.29, 0.717) is 12.8 Å². The SMILES string of the molecule is O=C(O)CCCCC(=O)O.[Zn].[Zn]. The maximum Gasteiger partial charge on any atom is 0.303 e. The minimum absolute atomic E-state index is 0. The van der Waals surface area contributed by atoms with Crippen molar-refractivity contribution < 1.29 is 58.8 Å². The molecule has 0 amide bonds. The minimum atomic E-state index is -0.870. The number of unbranched alkanes of at least 4 members (excludes halogenated alkanes) is 1. The molecule has 0 atom stereocenters. The Morgan fingerprint density at radius 2 is 1.08 bits per heavy atom. The van der Waals surface area contributed by atoms with Crippen molar-refractivity contribution in [3.8, 4) is 0 Å². The average Bonchev–Trinajstić information content (AvgIpc) is 1.79. The van der Waals surface area contributed by atoms with E-state index in [2.05, 4.69) is 0 Å². The van der Waals surface area contributed by atoms with Gasteiger partial charge in [-0.15, -0.1) is 0 Å². The van der Waals surface area contributed by atoms with Crippen LogP contribution in [0.5, 0.6) is 0 Å². The van der Waals surface area contributed by atoms with Crippen molar-refractivity contribution in [1.29, 1.82) is 0 Å². The van der Waals surface area contributed by atoms with Crippen molar-refractivity contribution in [2.45, 2.75) is 25.7 Å². The van der Waals surface area contributed by atoms with Gasteiger partial charge in [-0.3, -0.25) is 9.59 Å². The van der Waals surface area contributed by atoms with Crippen LogP contribution in [0.25, 0.3) is 0 Å². The number of aliphatic carboxylic acids is 2. The summed E-state index contributed by atoms with van der Waals surface area (Å²) in [6.45, 7) is 0. The molecule has 62 valence electrons. The zero-order valence-electron chi connectivity index (χ0n) is 6.95. The maximum atomic E-state index is 9.90. The van der Waals surface area contributed by atoms with Crippen LogP contribution in [0.2, 0.25) is 0 Å². The van der Waals surface area contributed by atoms with Crippen LogP contribution in [-0.4, -0.2) is 22.2 Å². The Morgan fingerprint density at radius 3 is 1.25 bits per heavy atom. The maximum absolute atomic E-state index is 9.90. The number of hydrogen-bond acceptors (Lipinski definition) is 2. The van der Waals surface area contributed by atoms with Gasteiger partial charge in [0.2, 0.25) is 0 Å². The van der Waals surface area contributed by atoms with Gasteiger partial charge in [0.1, 0.15) is 0 Å². The van der Waals surface area contributed by atoms with Crippen LogP contribution in [0.1, 0.15) is 25.7 Å². The first-order valence-electron chi connectivity index (χ1n) is 3.06. The molecule has 0 aliphatic heterocycles. The summed E-state index contributed by atoms with van der Waals surface area (Å²) >= 11 is 0. The van der Waals surface area contributed by atoms with Crippen molar-refractivity contribution in [1.82, 2.24) is 0 Å². The van der Waals surface area contributed by atoms with E-state index in [1.807, 2.05) is 0 Å². The molecule has 0 bridgehead atoms. The van der Waals surface area contributed by atoms with E-state index in [1.54, 1.807) is 0 Å². The molecule has 0 saturated heterocycles. The van der Waals surface area contributed by atoms with E-state index in [1.165, 1.54) is 0 Å². The molecule has 0 heterocycles. The molecule has 4 nitrogen and oxygen atoms in total. The Kier molecular flexibility index (Phi) is 16.8. The third-order valence-electron chi connectivity index (χ3n) is 1.03. The van der Waals surface area contributed by atoms with Gasteiger partial charge in [0.15, 0.2) is 0 Å². The van der Waals surface area contributed by atoms with Crippen LogP contribution < -0.4 is 0 Å². The largest absolute Gasteiger partial charge is 0.481 e. The van der Waals surface area contributed by atoms with E-state index in [4.69, 9.17) is 10.2 Å². The summed E-state index contributed by atoms with van der Waals surface area (Å²) in [5.74, 6) is -1.74. The van der Waals surface area contributed by atoms with Crippen molar-refractivity contribution in [2.24, 2.45) is 0 Å². The molecule has 0 radical (unpaired) electrons. The molecule has 0 aromatic carbocycles. The van der Waals surface area contributed by atoms with Gasteiger partial charge in [-0.25, -0.2) is 0 Å². The van der Waals surface area contributed by atoms with E-state index in [0.717, 1.165) is 0 Å². The first-order valence-corrected chi connectivity index (χ1v) is 3.06. The predicted octanol–water partition coefficient (Wildman–Crippen LogP) is 0.711. The van der Waals surface area contributed by atoms with Crippen molar-refractivity contribution in [3.63, 3.8) is 0 Å². The normalized spacial score (nSPS) is 7.67. The summed E-state index contributed by atoms with van der Waals surface area (Å²) in [7, 11) is 0. The Balaban J connectivity index is -0.000000405. The summed E-state index contributed by atoms with van der Waals surface area (Å²) in [6.07, 6.45) is 1.02. The van der Waals surface area contributed by atoms with Crippen molar-refractivity contribution in [3.05, 3.63) is 0 Å². The predicted molar refractivity (Wildman–Crippen MR) is 33.7 cm³/mol. The quantitative estimate of drug-likeness (QED) is 0.573. The third kappa shape index (κ3) is 16.6. The molecule has 0 aromatic heterocycles. The van der Waals surface area contributed by atoms with Gasteiger partial charge >= 0.3 is 11.9 Å². The van der Waals surface area contributed by atoms with Crippen LogP contribution in [0.4, 0.5) is 0 Å². The molecule has 6 heteroatoms. The number of carbonyl (C=O) groups is 2. The van der Waals surface area contributed by atoms with Crippen LogP contribution in [0.15, 0.2) is 0 Å². The first-order chi connectivity index (χ1) is 4.63. The average molecular weight is 277 g/mol. The summed E-state index contributed by atoms with van der Waals surface area (Å²) in [5.41, 5.74) is 0. The Bertz CT molecular complexity index is 122. The second kappa shape index (κ2) is 11.2. The fourth-order valence-corrected chi connectivity index (χ4v) is 0.552. The fourth-order valence-electron chi connectivity index (χ4n) is 0.552. The van der Waals surface area contributed by atoms with Crippen LogP contribution >= 0.6 is 0 Å². The third-order valence-corrected chi connectivity index (χ3v) is 1.03. The van der Waals surface area contributed by atoms with Gasteiger partial charge in [0, 0.05) is 51.8 Å². The standard InChI is InChI=1S/C6H10O4.2Zn/c7-5(8)3-1-2-4-6(9)10;;/h1-4H2,(H,7,8)(H,9,10);;. The smallest absolute Gasteiger partial charge is 0.303 e. The topological polar surface area (TPSA) is 74.6 Å². The second-order valence-corrected chi connectivity index (χ2v) is 1.99. The first kappa shape index (κ1) is 18.1. The van der Waals surface area contributed by atoms with Gasteiger partial charge in [-0.05, 0) is 12.8 Å². The zero-order valence-corrected chi connectivity index (χ0v) is 12.9. The molecule has 0 saturated carbocycles. The Morgan fingerprint density at radius 1 is 0.833 bits per heavy atom. The van der Waals surface area contributed by atoms with Crippen molar-refractivity contribution in [2.75, 3.05) is 0 Å². The summed E-state index contributed by atoms with van der Waals surface area (Å²) < 4.78 is 0. The number of hydrogen-bond donors (Lipinski definition) is 2. The molecule has 0 unspecified atom stereocenters. The molecule has 0 aromatic rings. The molecule has 2 N–H and O–H groups in total. The van der Waals surface area contributed by atoms with E-state index < -0.39 is 11.9 Å². The van der Waals surface area contributed by atoms with Gasteiger partial charge in [0.25, 0.3) is 0 Å². The number of carboxylic acids is 2. The fraction of sp³-hybridized carbons (Fsp3) is 0.667. The molecule has 0 rings (SSSR count). The number of rotatable bonds is 5. The van der Waals surface area contributed by atoms with Gasteiger partial charge in [-0.2, -0.15) is 0 Å². The Labute approximate surface area is 96.2 Å².